The third-order valence-corrected chi connectivity index (χ3v) is 2.99. The molecule has 1 amide bonds. The lowest BCUT2D eigenvalue weighted by molar-refractivity contribution is -0.121. The molecular formula is C14H23ClN2O3. The number of carbonyl (C=O) groups is 1. The van der Waals surface area contributed by atoms with Crippen LogP contribution in [0.25, 0.3) is 0 Å². The fourth-order valence-electron chi connectivity index (χ4n) is 1.99. The van der Waals surface area contributed by atoms with E-state index in [9.17, 15) is 4.79 Å². The lowest BCUT2D eigenvalue weighted by Crippen LogP contribution is -2.28. The molecule has 0 aliphatic heterocycles. The molecule has 0 fully saturated rings. The van der Waals surface area contributed by atoms with Crippen molar-refractivity contribution in [3.63, 3.8) is 0 Å². The highest BCUT2D eigenvalue weighted by Crippen LogP contribution is 2.32. The van der Waals surface area contributed by atoms with Gasteiger partial charge in [-0.05, 0) is 37.1 Å². The number of carbonyl (C=O) groups excluding carboxylic acids is 1. The number of nitrogens with two attached hydrogens (primary N) is 1. The van der Waals surface area contributed by atoms with E-state index in [4.69, 9.17) is 15.2 Å². The van der Waals surface area contributed by atoms with E-state index in [-0.39, 0.29) is 24.4 Å². The zero-order valence-corrected chi connectivity index (χ0v) is 13.2. The van der Waals surface area contributed by atoms with Gasteiger partial charge in [0.1, 0.15) is 0 Å². The molecule has 0 aliphatic carbocycles. The lowest BCUT2D eigenvalue weighted by Gasteiger charge is -2.19. The number of methoxy groups -OCH3 is 2. The first-order valence-corrected chi connectivity index (χ1v) is 6.25. The molecule has 1 aromatic rings. The zero-order chi connectivity index (χ0) is 14.4. The van der Waals surface area contributed by atoms with Crippen molar-refractivity contribution >= 4 is 18.3 Å². The molecule has 1 unspecified atom stereocenters. The van der Waals surface area contributed by atoms with E-state index in [1.807, 2.05) is 26.0 Å². The van der Waals surface area contributed by atoms with Crippen molar-refractivity contribution in [1.82, 2.24) is 5.32 Å². The van der Waals surface area contributed by atoms with Crippen molar-refractivity contribution in [2.75, 3.05) is 20.8 Å². The van der Waals surface area contributed by atoms with Crippen molar-refractivity contribution in [3.8, 4) is 11.5 Å². The number of hydrogen-bond acceptors (Lipinski definition) is 4. The van der Waals surface area contributed by atoms with Crippen molar-refractivity contribution in [2.45, 2.75) is 26.3 Å². The summed E-state index contributed by atoms with van der Waals surface area (Å²) in [6.45, 7) is 4.26. The number of halogens is 1. The van der Waals surface area contributed by atoms with Gasteiger partial charge in [-0.1, -0.05) is 0 Å². The number of hydrogen-bond donors (Lipinski definition) is 2. The molecule has 0 saturated heterocycles. The fraction of sp³-hybridized carbons (Fsp3) is 0.500. The van der Waals surface area contributed by atoms with Crippen LogP contribution in [0.5, 0.6) is 11.5 Å². The molecule has 5 nitrogen and oxygen atoms in total. The van der Waals surface area contributed by atoms with E-state index in [1.165, 1.54) is 0 Å². The molecule has 0 aromatic heterocycles. The molecule has 20 heavy (non-hydrogen) atoms. The SMILES string of the molecule is COc1cc(C)c(C(C)NC(=O)CCN)cc1OC.Cl. The molecule has 0 heterocycles. The van der Waals surface area contributed by atoms with Gasteiger partial charge in [-0.15, -0.1) is 12.4 Å². The first-order valence-electron chi connectivity index (χ1n) is 6.25. The Morgan fingerprint density at radius 1 is 1.30 bits per heavy atom. The maximum atomic E-state index is 11.6. The number of benzene rings is 1. The lowest BCUT2D eigenvalue weighted by atomic mass is 10.0. The molecule has 6 heteroatoms. The van der Waals surface area contributed by atoms with Crippen LogP contribution in [-0.2, 0) is 4.79 Å². The first-order chi connectivity index (χ1) is 9.03. The van der Waals surface area contributed by atoms with Gasteiger partial charge in [0, 0.05) is 13.0 Å². The smallest absolute Gasteiger partial charge is 0.221 e. The van der Waals surface area contributed by atoms with E-state index in [0.717, 1.165) is 11.1 Å². The standard InChI is InChI=1S/C14H22N2O3.ClH/c1-9-7-12(18-3)13(19-4)8-11(9)10(2)16-14(17)5-6-15;/h7-8,10H,5-6,15H2,1-4H3,(H,16,17);1H. The Hall–Kier alpha value is -1.46. The third kappa shape index (κ3) is 4.58. The van der Waals surface area contributed by atoms with Gasteiger partial charge in [-0.2, -0.15) is 0 Å². The summed E-state index contributed by atoms with van der Waals surface area (Å²) in [6.07, 6.45) is 0.330. The average Bonchev–Trinajstić information content (AvgIpc) is 2.38. The molecule has 0 bridgehead atoms. The third-order valence-electron chi connectivity index (χ3n) is 2.99. The molecule has 0 spiro atoms. The van der Waals surface area contributed by atoms with Gasteiger partial charge in [0.25, 0.3) is 0 Å². The van der Waals surface area contributed by atoms with Crippen LogP contribution in [-0.4, -0.2) is 26.7 Å². The number of rotatable bonds is 6. The Morgan fingerprint density at radius 3 is 2.35 bits per heavy atom. The van der Waals surface area contributed by atoms with Crippen LogP contribution in [0.2, 0.25) is 0 Å². The van der Waals surface area contributed by atoms with Gasteiger partial charge in [0.15, 0.2) is 11.5 Å². The summed E-state index contributed by atoms with van der Waals surface area (Å²) in [5.74, 6) is 1.29. The van der Waals surface area contributed by atoms with Gasteiger partial charge >= 0.3 is 0 Å². The quantitative estimate of drug-likeness (QED) is 0.842. The predicted octanol–water partition coefficient (Wildman–Crippen LogP) is 1.96. The number of amides is 1. The normalized spacial score (nSPS) is 11.2. The van der Waals surface area contributed by atoms with E-state index in [2.05, 4.69) is 5.32 Å². The number of aryl methyl sites for hydroxylation is 1. The minimum atomic E-state index is -0.0983. The van der Waals surface area contributed by atoms with Crippen molar-refractivity contribution in [3.05, 3.63) is 23.3 Å². The highest BCUT2D eigenvalue weighted by molar-refractivity contribution is 5.85. The van der Waals surface area contributed by atoms with Crippen LogP contribution >= 0.6 is 12.4 Å². The zero-order valence-electron chi connectivity index (χ0n) is 12.4. The number of ether oxygens (including phenoxy) is 2. The van der Waals surface area contributed by atoms with E-state index in [0.29, 0.717) is 24.5 Å². The van der Waals surface area contributed by atoms with E-state index in [1.54, 1.807) is 14.2 Å². The first kappa shape index (κ1) is 18.5. The second-order valence-electron chi connectivity index (χ2n) is 4.39. The fourth-order valence-corrected chi connectivity index (χ4v) is 1.99. The second-order valence-corrected chi connectivity index (χ2v) is 4.39. The Balaban J connectivity index is 0.00000361. The highest BCUT2D eigenvalue weighted by atomic mass is 35.5. The van der Waals surface area contributed by atoms with Crippen LogP contribution in [0.4, 0.5) is 0 Å². The van der Waals surface area contributed by atoms with Gasteiger partial charge in [0.2, 0.25) is 5.91 Å². The monoisotopic (exact) mass is 302 g/mol. The maximum Gasteiger partial charge on any atom is 0.221 e. The van der Waals surface area contributed by atoms with Crippen LogP contribution in [0.3, 0.4) is 0 Å². The molecule has 1 aromatic carbocycles. The van der Waals surface area contributed by atoms with Crippen LogP contribution in [0.15, 0.2) is 12.1 Å². The summed E-state index contributed by atoms with van der Waals surface area (Å²) in [6, 6.07) is 3.69. The summed E-state index contributed by atoms with van der Waals surface area (Å²) >= 11 is 0. The maximum absolute atomic E-state index is 11.6. The summed E-state index contributed by atoms with van der Waals surface area (Å²) in [5, 5.41) is 2.91. The molecule has 3 N–H and O–H groups in total. The minimum Gasteiger partial charge on any atom is -0.493 e. The largest absolute Gasteiger partial charge is 0.493 e. The summed E-state index contributed by atoms with van der Waals surface area (Å²) in [5.41, 5.74) is 7.40. The second kappa shape index (κ2) is 8.66. The number of nitrogens with one attached hydrogen (secondary N) is 1. The Kier molecular flexibility index (Phi) is 8.03. The van der Waals surface area contributed by atoms with Gasteiger partial charge in [-0.25, -0.2) is 0 Å². The van der Waals surface area contributed by atoms with Crippen molar-refractivity contribution < 1.29 is 14.3 Å². The topological polar surface area (TPSA) is 73.6 Å². The van der Waals surface area contributed by atoms with E-state index >= 15 is 0 Å². The van der Waals surface area contributed by atoms with Gasteiger partial charge in [0.05, 0.1) is 20.3 Å². The predicted molar refractivity (Wildman–Crippen MR) is 81.8 cm³/mol. The van der Waals surface area contributed by atoms with Crippen molar-refractivity contribution in [1.29, 1.82) is 0 Å². The van der Waals surface area contributed by atoms with Gasteiger partial charge in [-0.3, -0.25) is 4.79 Å². The molecule has 1 rings (SSSR count). The van der Waals surface area contributed by atoms with Crippen LogP contribution in [0, 0.1) is 6.92 Å². The molecule has 0 aliphatic rings. The Labute approximate surface area is 126 Å². The molecular weight excluding hydrogens is 280 g/mol. The van der Waals surface area contributed by atoms with Crippen LogP contribution < -0.4 is 20.5 Å². The highest BCUT2D eigenvalue weighted by Gasteiger charge is 2.15. The minimum absolute atomic E-state index is 0. The van der Waals surface area contributed by atoms with Crippen LogP contribution in [0.1, 0.15) is 30.5 Å². The summed E-state index contributed by atoms with van der Waals surface area (Å²) in [7, 11) is 3.19. The molecule has 0 radical (unpaired) electrons. The van der Waals surface area contributed by atoms with Gasteiger partial charge < -0.3 is 20.5 Å². The molecule has 114 valence electrons. The average molecular weight is 303 g/mol. The Morgan fingerprint density at radius 2 is 1.85 bits per heavy atom. The van der Waals surface area contributed by atoms with Crippen molar-refractivity contribution in [2.24, 2.45) is 5.73 Å². The molecule has 0 saturated carbocycles. The summed E-state index contributed by atoms with van der Waals surface area (Å²) < 4.78 is 10.5. The Bertz CT molecular complexity index is 452. The molecule has 1 atom stereocenters. The summed E-state index contributed by atoms with van der Waals surface area (Å²) in [4.78, 5) is 11.6. The van der Waals surface area contributed by atoms with E-state index < -0.39 is 0 Å².